The van der Waals surface area contributed by atoms with Crippen LogP contribution in [0.25, 0.3) is 5.69 Å². The minimum Gasteiger partial charge on any atom is -0.334 e. The largest absolute Gasteiger partial charge is 0.334 e. The molecule has 2 aliphatic heterocycles. The van der Waals surface area contributed by atoms with Crippen molar-refractivity contribution in [1.29, 1.82) is 0 Å². The maximum Gasteiger partial charge on any atom is 0.254 e. The van der Waals surface area contributed by atoms with Crippen LogP contribution in [-0.4, -0.2) is 52.5 Å². The van der Waals surface area contributed by atoms with E-state index in [4.69, 9.17) is 0 Å². The SMILES string of the molecule is Cc1ccc(C)n1-c1ccc(C(=O)N2CCC[C@H]2CN2CCCC2)cc1. The van der Waals surface area contributed by atoms with Gasteiger partial charge in [0.25, 0.3) is 5.91 Å². The molecule has 4 rings (SSSR count). The van der Waals surface area contributed by atoms with E-state index in [1.165, 1.54) is 37.3 Å². The fourth-order valence-electron chi connectivity index (χ4n) is 4.55. The summed E-state index contributed by atoms with van der Waals surface area (Å²) in [6, 6.07) is 12.7. The number of likely N-dealkylation sites (tertiary alicyclic amines) is 2. The minimum atomic E-state index is 0.194. The molecule has 0 bridgehead atoms. The molecule has 0 spiro atoms. The first-order chi connectivity index (χ1) is 12.6. The van der Waals surface area contributed by atoms with Crippen molar-refractivity contribution in [2.75, 3.05) is 26.2 Å². The fourth-order valence-corrected chi connectivity index (χ4v) is 4.55. The lowest BCUT2D eigenvalue weighted by atomic mass is 10.1. The number of amides is 1. The number of benzene rings is 1. The first-order valence-electron chi connectivity index (χ1n) is 9.92. The van der Waals surface area contributed by atoms with Gasteiger partial charge in [0.15, 0.2) is 0 Å². The van der Waals surface area contributed by atoms with Crippen LogP contribution in [-0.2, 0) is 0 Å². The van der Waals surface area contributed by atoms with E-state index in [9.17, 15) is 4.79 Å². The van der Waals surface area contributed by atoms with Crippen LogP contribution in [0.4, 0.5) is 0 Å². The molecule has 4 heteroatoms. The lowest BCUT2D eigenvalue weighted by Gasteiger charge is -2.28. The maximum atomic E-state index is 13.1. The molecule has 4 nitrogen and oxygen atoms in total. The molecule has 0 aliphatic carbocycles. The number of rotatable bonds is 4. The van der Waals surface area contributed by atoms with Crippen LogP contribution >= 0.6 is 0 Å². The van der Waals surface area contributed by atoms with E-state index >= 15 is 0 Å². The van der Waals surface area contributed by atoms with Gasteiger partial charge >= 0.3 is 0 Å². The summed E-state index contributed by atoms with van der Waals surface area (Å²) in [6.45, 7) is 8.56. The smallest absolute Gasteiger partial charge is 0.254 e. The van der Waals surface area contributed by atoms with Gasteiger partial charge in [0.05, 0.1) is 0 Å². The molecular formula is C22H29N3O. The Labute approximate surface area is 156 Å². The standard InChI is InChI=1S/C22H29N3O/c1-17-7-8-18(2)25(17)20-11-9-19(10-12-20)22(26)24-15-5-6-21(24)16-23-13-3-4-14-23/h7-12,21H,3-6,13-16H2,1-2H3/t21-/m0/s1. The third-order valence-corrected chi connectivity index (χ3v) is 5.95. The van der Waals surface area contributed by atoms with E-state index in [1.807, 2.05) is 12.1 Å². The zero-order chi connectivity index (χ0) is 18.1. The van der Waals surface area contributed by atoms with E-state index < -0.39 is 0 Å². The molecule has 3 heterocycles. The highest BCUT2D eigenvalue weighted by Crippen LogP contribution is 2.23. The zero-order valence-electron chi connectivity index (χ0n) is 15.9. The summed E-state index contributed by atoms with van der Waals surface area (Å²) in [5.41, 5.74) is 4.36. The van der Waals surface area contributed by atoms with Crippen molar-refractivity contribution in [3.63, 3.8) is 0 Å². The topological polar surface area (TPSA) is 28.5 Å². The van der Waals surface area contributed by atoms with Crippen molar-refractivity contribution in [3.05, 3.63) is 53.3 Å². The molecule has 2 aromatic rings. The number of hydrogen-bond donors (Lipinski definition) is 0. The molecule has 1 aromatic heterocycles. The van der Waals surface area contributed by atoms with E-state index in [-0.39, 0.29) is 5.91 Å². The van der Waals surface area contributed by atoms with Crippen LogP contribution in [0.1, 0.15) is 47.4 Å². The zero-order valence-corrected chi connectivity index (χ0v) is 15.9. The highest BCUT2D eigenvalue weighted by molar-refractivity contribution is 5.94. The highest BCUT2D eigenvalue weighted by Gasteiger charge is 2.31. The average Bonchev–Trinajstić information content (AvgIpc) is 3.38. The maximum absolute atomic E-state index is 13.1. The molecule has 1 atom stereocenters. The number of hydrogen-bond acceptors (Lipinski definition) is 2. The molecule has 0 radical (unpaired) electrons. The second kappa shape index (κ2) is 7.28. The highest BCUT2D eigenvalue weighted by atomic mass is 16.2. The van der Waals surface area contributed by atoms with E-state index in [0.29, 0.717) is 6.04 Å². The van der Waals surface area contributed by atoms with Crippen molar-refractivity contribution in [1.82, 2.24) is 14.4 Å². The van der Waals surface area contributed by atoms with Crippen molar-refractivity contribution < 1.29 is 4.79 Å². The average molecular weight is 351 g/mol. The Morgan fingerprint density at radius 2 is 1.58 bits per heavy atom. The third-order valence-electron chi connectivity index (χ3n) is 5.95. The molecule has 0 unspecified atom stereocenters. The van der Waals surface area contributed by atoms with Gasteiger partial charge in [-0.2, -0.15) is 0 Å². The van der Waals surface area contributed by atoms with Gasteiger partial charge in [-0.15, -0.1) is 0 Å². The normalized spacial score (nSPS) is 20.8. The van der Waals surface area contributed by atoms with Crippen LogP contribution in [0, 0.1) is 13.8 Å². The van der Waals surface area contributed by atoms with E-state index in [0.717, 1.165) is 37.2 Å². The first kappa shape index (κ1) is 17.3. The molecule has 2 fully saturated rings. The summed E-state index contributed by atoms with van der Waals surface area (Å²) in [7, 11) is 0. The summed E-state index contributed by atoms with van der Waals surface area (Å²) in [5, 5.41) is 0. The Balaban J connectivity index is 1.49. The van der Waals surface area contributed by atoms with Crippen molar-refractivity contribution in [3.8, 4) is 5.69 Å². The Bertz CT molecular complexity index is 752. The lowest BCUT2D eigenvalue weighted by Crippen LogP contribution is -2.42. The molecule has 26 heavy (non-hydrogen) atoms. The number of carbonyl (C=O) groups excluding carboxylic acids is 1. The summed E-state index contributed by atoms with van der Waals surface area (Å²) in [5.74, 6) is 0.194. The van der Waals surface area contributed by atoms with Crippen molar-refractivity contribution in [2.24, 2.45) is 0 Å². The predicted octanol–water partition coefficient (Wildman–Crippen LogP) is 3.79. The van der Waals surface area contributed by atoms with E-state index in [1.54, 1.807) is 0 Å². The Kier molecular flexibility index (Phi) is 4.86. The van der Waals surface area contributed by atoms with Gasteiger partial charge in [-0.25, -0.2) is 0 Å². The molecule has 2 saturated heterocycles. The monoisotopic (exact) mass is 351 g/mol. The Morgan fingerprint density at radius 1 is 0.923 bits per heavy atom. The molecule has 1 aromatic carbocycles. The number of aromatic nitrogens is 1. The van der Waals surface area contributed by atoms with Gasteiger partial charge in [-0.3, -0.25) is 4.79 Å². The summed E-state index contributed by atoms with van der Waals surface area (Å²) in [4.78, 5) is 17.7. The van der Waals surface area contributed by atoms with Gasteiger partial charge in [0.2, 0.25) is 0 Å². The molecular weight excluding hydrogens is 322 g/mol. The molecule has 0 N–H and O–H groups in total. The third kappa shape index (κ3) is 3.30. The van der Waals surface area contributed by atoms with Gasteiger partial charge in [0.1, 0.15) is 0 Å². The summed E-state index contributed by atoms with van der Waals surface area (Å²) in [6.07, 6.45) is 4.88. The van der Waals surface area contributed by atoms with Gasteiger partial charge in [0, 0.05) is 41.8 Å². The van der Waals surface area contributed by atoms with Crippen LogP contribution in [0.3, 0.4) is 0 Å². The molecule has 138 valence electrons. The van der Waals surface area contributed by atoms with Crippen molar-refractivity contribution in [2.45, 2.75) is 45.6 Å². The van der Waals surface area contributed by atoms with E-state index in [2.05, 4.69) is 52.5 Å². The second-order valence-corrected chi connectivity index (χ2v) is 7.80. The van der Waals surface area contributed by atoms with Crippen LogP contribution in [0.15, 0.2) is 36.4 Å². The molecule has 0 saturated carbocycles. The lowest BCUT2D eigenvalue weighted by molar-refractivity contribution is 0.0709. The number of nitrogens with zero attached hydrogens (tertiary/aromatic N) is 3. The first-order valence-corrected chi connectivity index (χ1v) is 9.92. The van der Waals surface area contributed by atoms with Gasteiger partial charge < -0.3 is 14.4 Å². The summed E-state index contributed by atoms with van der Waals surface area (Å²) < 4.78 is 2.22. The molecule has 2 aliphatic rings. The molecule has 1 amide bonds. The quantitative estimate of drug-likeness (QED) is 0.838. The number of carbonyl (C=O) groups is 1. The van der Waals surface area contributed by atoms with Crippen LogP contribution in [0.5, 0.6) is 0 Å². The Morgan fingerprint density at radius 3 is 2.23 bits per heavy atom. The van der Waals surface area contributed by atoms with Crippen molar-refractivity contribution >= 4 is 5.91 Å². The second-order valence-electron chi connectivity index (χ2n) is 7.80. The fraction of sp³-hybridized carbons (Fsp3) is 0.500. The van der Waals surface area contributed by atoms with Gasteiger partial charge in [-0.05, 0) is 89.0 Å². The van der Waals surface area contributed by atoms with Gasteiger partial charge in [-0.1, -0.05) is 0 Å². The minimum absolute atomic E-state index is 0.194. The number of aryl methyl sites for hydroxylation is 2. The summed E-state index contributed by atoms with van der Waals surface area (Å²) >= 11 is 0. The van der Waals surface area contributed by atoms with Crippen LogP contribution < -0.4 is 0 Å². The van der Waals surface area contributed by atoms with Crippen LogP contribution in [0.2, 0.25) is 0 Å². The Hall–Kier alpha value is -2.07. The predicted molar refractivity (Wildman–Crippen MR) is 105 cm³/mol.